The zero-order valence-corrected chi connectivity index (χ0v) is 16.7. The maximum atomic E-state index is 12.8. The Morgan fingerprint density at radius 2 is 1.33 bits per heavy atom. The first kappa shape index (κ1) is 25.3. The maximum Gasteiger partial charge on any atom is 0.304 e. The lowest BCUT2D eigenvalue weighted by atomic mass is 9.95. The lowest BCUT2D eigenvalue weighted by Gasteiger charge is -2.26. The first-order chi connectivity index (χ1) is 12.9. The van der Waals surface area contributed by atoms with Gasteiger partial charge in [0.2, 0.25) is 5.91 Å². The predicted molar refractivity (Wildman–Crippen MR) is 101 cm³/mol. The molecule has 0 radical (unpaired) electrons. The third-order valence-corrected chi connectivity index (χ3v) is 4.41. The Balaban J connectivity index is 4.38. The van der Waals surface area contributed by atoms with E-state index in [-0.39, 0.29) is 18.7 Å². The number of aliphatic carboxylic acids is 2. The van der Waals surface area contributed by atoms with Crippen LogP contribution in [0.25, 0.3) is 0 Å². The van der Waals surface area contributed by atoms with Gasteiger partial charge in [0.15, 0.2) is 0 Å². The van der Waals surface area contributed by atoms with Crippen molar-refractivity contribution in [2.24, 2.45) is 5.92 Å². The molecule has 0 aromatic carbocycles. The number of amides is 1. The Morgan fingerprint density at radius 1 is 0.815 bits per heavy atom. The fourth-order valence-electron chi connectivity index (χ4n) is 2.89. The standard InChI is InChI=1S/C19H35NO7/c1-26-13-11-20(12-14-27-2)19(25)16(15-18(23)24)9-7-5-3-4-6-8-10-17(21)22/h16H,3-15H2,1-2H3,(H,21,22)(H,23,24). The topological polar surface area (TPSA) is 113 Å². The second kappa shape index (κ2) is 16.5. The highest BCUT2D eigenvalue weighted by Gasteiger charge is 2.26. The van der Waals surface area contributed by atoms with E-state index in [0.717, 1.165) is 32.1 Å². The summed E-state index contributed by atoms with van der Waals surface area (Å²) in [5.74, 6) is -2.44. The normalized spacial score (nSPS) is 11.9. The molecule has 1 unspecified atom stereocenters. The average molecular weight is 389 g/mol. The van der Waals surface area contributed by atoms with E-state index < -0.39 is 17.9 Å². The fraction of sp³-hybridized carbons (Fsp3) is 0.842. The highest BCUT2D eigenvalue weighted by atomic mass is 16.5. The number of hydrogen-bond acceptors (Lipinski definition) is 5. The molecule has 158 valence electrons. The minimum atomic E-state index is -0.972. The number of carboxylic acids is 2. The van der Waals surface area contributed by atoms with Crippen LogP contribution >= 0.6 is 0 Å². The Kier molecular flexibility index (Phi) is 15.5. The first-order valence-electron chi connectivity index (χ1n) is 9.62. The molecule has 1 amide bonds. The minimum absolute atomic E-state index is 0.159. The molecule has 0 saturated carbocycles. The van der Waals surface area contributed by atoms with Gasteiger partial charge in [0, 0.05) is 39.6 Å². The fourth-order valence-corrected chi connectivity index (χ4v) is 2.89. The van der Waals surface area contributed by atoms with Crippen LogP contribution in [0.3, 0.4) is 0 Å². The lowest BCUT2D eigenvalue weighted by molar-refractivity contribution is -0.145. The quantitative estimate of drug-likeness (QED) is 0.346. The van der Waals surface area contributed by atoms with Crippen LogP contribution in [0.2, 0.25) is 0 Å². The molecule has 0 aliphatic carbocycles. The molecule has 0 aliphatic rings. The number of carboxylic acid groups (broad SMARTS) is 2. The van der Waals surface area contributed by atoms with Crippen LogP contribution in [-0.4, -0.2) is 73.5 Å². The van der Waals surface area contributed by atoms with Crippen LogP contribution in [-0.2, 0) is 23.9 Å². The van der Waals surface area contributed by atoms with E-state index >= 15 is 0 Å². The van der Waals surface area contributed by atoms with Crippen molar-refractivity contribution in [3.63, 3.8) is 0 Å². The van der Waals surface area contributed by atoms with E-state index in [1.165, 1.54) is 0 Å². The summed E-state index contributed by atoms with van der Waals surface area (Å²) < 4.78 is 10.1. The zero-order valence-electron chi connectivity index (χ0n) is 16.7. The monoisotopic (exact) mass is 389 g/mol. The second-order valence-electron chi connectivity index (χ2n) is 6.66. The number of methoxy groups -OCH3 is 2. The molecule has 0 aliphatic heterocycles. The first-order valence-corrected chi connectivity index (χ1v) is 9.62. The van der Waals surface area contributed by atoms with Gasteiger partial charge < -0.3 is 24.6 Å². The number of ether oxygens (including phenoxy) is 2. The molecule has 1 atom stereocenters. The number of carbonyl (C=O) groups is 3. The Hall–Kier alpha value is -1.67. The molecule has 0 heterocycles. The van der Waals surface area contributed by atoms with Crippen LogP contribution in [0.1, 0.15) is 57.8 Å². The van der Waals surface area contributed by atoms with Gasteiger partial charge in [-0.15, -0.1) is 0 Å². The van der Waals surface area contributed by atoms with E-state index in [1.807, 2.05) is 0 Å². The molecule has 8 heteroatoms. The van der Waals surface area contributed by atoms with Crippen molar-refractivity contribution in [2.75, 3.05) is 40.5 Å². The van der Waals surface area contributed by atoms with Gasteiger partial charge in [0.1, 0.15) is 0 Å². The molecule has 0 fully saturated rings. The van der Waals surface area contributed by atoms with Crippen LogP contribution in [0.5, 0.6) is 0 Å². The van der Waals surface area contributed by atoms with Gasteiger partial charge in [0.25, 0.3) is 0 Å². The second-order valence-corrected chi connectivity index (χ2v) is 6.66. The SMILES string of the molecule is COCCN(CCOC)C(=O)C(CCCCCCCCC(=O)O)CC(=O)O. The van der Waals surface area contributed by atoms with Crippen molar-refractivity contribution >= 4 is 17.8 Å². The molecule has 0 bridgehead atoms. The summed E-state index contributed by atoms with van der Waals surface area (Å²) in [6.07, 6.45) is 5.74. The molecule has 0 aromatic heterocycles. The lowest BCUT2D eigenvalue weighted by Crippen LogP contribution is -2.41. The van der Waals surface area contributed by atoms with E-state index in [4.69, 9.17) is 19.7 Å². The van der Waals surface area contributed by atoms with E-state index in [0.29, 0.717) is 39.1 Å². The van der Waals surface area contributed by atoms with Crippen LogP contribution in [0, 0.1) is 5.92 Å². The Morgan fingerprint density at radius 3 is 1.81 bits per heavy atom. The van der Waals surface area contributed by atoms with Gasteiger partial charge >= 0.3 is 11.9 Å². The van der Waals surface area contributed by atoms with Crippen LogP contribution in [0.4, 0.5) is 0 Å². The van der Waals surface area contributed by atoms with Gasteiger partial charge in [-0.2, -0.15) is 0 Å². The largest absolute Gasteiger partial charge is 0.481 e. The smallest absolute Gasteiger partial charge is 0.304 e. The summed E-state index contributed by atoms with van der Waals surface area (Å²) in [6.45, 7) is 1.62. The highest BCUT2D eigenvalue weighted by molar-refractivity contribution is 5.83. The van der Waals surface area contributed by atoms with E-state index in [9.17, 15) is 14.4 Å². The van der Waals surface area contributed by atoms with Crippen molar-refractivity contribution < 1.29 is 34.1 Å². The van der Waals surface area contributed by atoms with Gasteiger partial charge in [-0.3, -0.25) is 14.4 Å². The third-order valence-electron chi connectivity index (χ3n) is 4.41. The van der Waals surface area contributed by atoms with Crippen LogP contribution < -0.4 is 0 Å². The summed E-state index contributed by atoms with van der Waals surface area (Å²) in [5.41, 5.74) is 0. The molecular weight excluding hydrogens is 354 g/mol. The molecule has 8 nitrogen and oxygen atoms in total. The molecule has 0 saturated heterocycles. The average Bonchev–Trinajstić information content (AvgIpc) is 2.62. The summed E-state index contributed by atoms with van der Waals surface area (Å²) in [7, 11) is 3.12. The predicted octanol–water partition coefficient (Wildman–Crippen LogP) is 2.40. The van der Waals surface area contributed by atoms with Gasteiger partial charge in [0.05, 0.1) is 19.6 Å². The molecule has 0 rings (SSSR count). The van der Waals surface area contributed by atoms with E-state index in [1.54, 1.807) is 19.1 Å². The van der Waals surface area contributed by atoms with Crippen molar-refractivity contribution in [2.45, 2.75) is 57.8 Å². The molecule has 27 heavy (non-hydrogen) atoms. The number of nitrogens with zero attached hydrogens (tertiary/aromatic N) is 1. The Bertz CT molecular complexity index is 420. The molecular formula is C19H35NO7. The highest BCUT2D eigenvalue weighted by Crippen LogP contribution is 2.18. The number of carbonyl (C=O) groups excluding carboxylic acids is 1. The minimum Gasteiger partial charge on any atom is -0.481 e. The number of hydrogen-bond donors (Lipinski definition) is 2. The van der Waals surface area contributed by atoms with Crippen LogP contribution in [0.15, 0.2) is 0 Å². The number of unbranched alkanes of at least 4 members (excludes halogenated alkanes) is 5. The third kappa shape index (κ3) is 14.1. The molecule has 0 aromatic rings. The Labute approximate surface area is 161 Å². The zero-order chi connectivity index (χ0) is 20.5. The van der Waals surface area contributed by atoms with Gasteiger partial charge in [-0.25, -0.2) is 0 Å². The van der Waals surface area contributed by atoms with Gasteiger partial charge in [-0.1, -0.05) is 32.1 Å². The van der Waals surface area contributed by atoms with Gasteiger partial charge in [-0.05, 0) is 12.8 Å². The number of rotatable bonds is 18. The molecule has 0 spiro atoms. The molecule has 2 N–H and O–H groups in total. The van der Waals surface area contributed by atoms with Crippen molar-refractivity contribution in [1.29, 1.82) is 0 Å². The van der Waals surface area contributed by atoms with Crippen molar-refractivity contribution in [1.82, 2.24) is 4.90 Å². The summed E-state index contributed by atoms with van der Waals surface area (Å²) in [4.78, 5) is 36.0. The van der Waals surface area contributed by atoms with Crippen molar-refractivity contribution in [3.05, 3.63) is 0 Å². The summed E-state index contributed by atoms with van der Waals surface area (Å²) in [5, 5.41) is 17.7. The van der Waals surface area contributed by atoms with Crippen molar-refractivity contribution in [3.8, 4) is 0 Å². The maximum absolute atomic E-state index is 12.8. The summed E-state index contributed by atoms with van der Waals surface area (Å²) in [6, 6.07) is 0. The summed E-state index contributed by atoms with van der Waals surface area (Å²) >= 11 is 0. The van der Waals surface area contributed by atoms with E-state index in [2.05, 4.69) is 0 Å².